The Bertz CT molecular complexity index is 535. The van der Waals surface area contributed by atoms with Crippen LogP contribution in [0.25, 0.3) is 11.1 Å². The summed E-state index contributed by atoms with van der Waals surface area (Å²) >= 11 is 0. The molecule has 0 fully saturated rings. The van der Waals surface area contributed by atoms with Crippen LogP contribution in [0.1, 0.15) is 0 Å². The molecule has 16 heavy (non-hydrogen) atoms. The Balaban J connectivity index is 2.66. The lowest BCUT2D eigenvalue weighted by atomic mass is 10.0. The molecule has 4 N–H and O–H groups in total. The number of hydrogen-bond donors (Lipinski definition) is 4. The molecule has 2 aromatic rings. The number of rotatable bonds is 1. The summed E-state index contributed by atoms with van der Waals surface area (Å²) in [5.41, 5.74) is 0.642. The van der Waals surface area contributed by atoms with Crippen molar-refractivity contribution in [3.8, 4) is 34.1 Å². The molecule has 0 heterocycles. The number of benzene rings is 2. The van der Waals surface area contributed by atoms with Crippen LogP contribution in [0.3, 0.4) is 0 Å². The molecule has 0 spiro atoms. The molecule has 0 bridgehead atoms. The largest absolute Gasteiger partial charge is 0.507 e. The van der Waals surface area contributed by atoms with Crippen molar-refractivity contribution in [1.29, 1.82) is 0 Å². The zero-order valence-corrected chi connectivity index (χ0v) is 8.25. The van der Waals surface area contributed by atoms with Gasteiger partial charge in [0.15, 0.2) is 11.5 Å². The SMILES string of the molecule is Oc1ccccc1-c1ccc(O)c(O)c1O. The maximum absolute atomic E-state index is 9.64. The van der Waals surface area contributed by atoms with Gasteiger partial charge in [-0.2, -0.15) is 0 Å². The number of phenols is 4. The van der Waals surface area contributed by atoms with Crippen molar-refractivity contribution in [2.45, 2.75) is 0 Å². The minimum absolute atomic E-state index is 0.0112. The summed E-state index contributed by atoms with van der Waals surface area (Å²) in [6.45, 7) is 0. The van der Waals surface area contributed by atoms with E-state index in [1.165, 1.54) is 18.2 Å². The predicted molar refractivity (Wildman–Crippen MR) is 58.5 cm³/mol. The molecule has 4 heteroatoms. The molecule has 4 nitrogen and oxygen atoms in total. The molecule has 0 saturated carbocycles. The third kappa shape index (κ3) is 1.50. The van der Waals surface area contributed by atoms with E-state index in [1.807, 2.05) is 0 Å². The monoisotopic (exact) mass is 218 g/mol. The Hall–Kier alpha value is -2.36. The summed E-state index contributed by atoms with van der Waals surface area (Å²) in [6.07, 6.45) is 0. The summed E-state index contributed by atoms with van der Waals surface area (Å²) in [5.74, 6) is -1.47. The van der Waals surface area contributed by atoms with E-state index in [0.717, 1.165) is 0 Å². The van der Waals surface area contributed by atoms with E-state index in [4.69, 9.17) is 5.11 Å². The second-order valence-corrected chi connectivity index (χ2v) is 3.35. The molecule has 0 aliphatic rings. The van der Waals surface area contributed by atoms with E-state index < -0.39 is 17.2 Å². The van der Waals surface area contributed by atoms with E-state index in [1.54, 1.807) is 18.2 Å². The Morgan fingerprint density at radius 1 is 0.562 bits per heavy atom. The molecule has 0 radical (unpaired) electrons. The van der Waals surface area contributed by atoms with E-state index in [2.05, 4.69) is 0 Å². The lowest BCUT2D eigenvalue weighted by Crippen LogP contribution is -1.81. The maximum atomic E-state index is 9.64. The van der Waals surface area contributed by atoms with Gasteiger partial charge in [0.05, 0.1) is 0 Å². The van der Waals surface area contributed by atoms with Gasteiger partial charge in [-0.1, -0.05) is 18.2 Å². The van der Waals surface area contributed by atoms with Gasteiger partial charge in [0, 0.05) is 11.1 Å². The summed E-state index contributed by atoms with van der Waals surface area (Å²) < 4.78 is 0. The molecular weight excluding hydrogens is 208 g/mol. The normalized spacial score (nSPS) is 10.2. The first-order valence-electron chi connectivity index (χ1n) is 4.63. The van der Waals surface area contributed by atoms with Crippen molar-refractivity contribution in [1.82, 2.24) is 0 Å². The van der Waals surface area contributed by atoms with Crippen molar-refractivity contribution in [3.63, 3.8) is 0 Å². The van der Waals surface area contributed by atoms with Crippen LogP contribution in [0, 0.1) is 0 Å². The second-order valence-electron chi connectivity index (χ2n) is 3.35. The smallest absolute Gasteiger partial charge is 0.200 e. The summed E-state index contributed by atoms with van der Waals surface area (Å²) in [4.78, 5) is 0. The molecule has 0 saturated heterocycles. The van der Waals surface area contributed by atoms with Crippen LogP contribution >= 0.6 is 0 Å². The van der Waals surface area contributed by atoms with Crippen molar-refractivity contribution < 1.29 is 20.4 Å². The van der Waals surface area contributed by atoms with Gasteiger partial charge in [-0.25, -0.2) is 0 Å². The number of aromatic hydroxyl groups is 4. The number of para-hydroxylation sites is 1. The van der Waals surface area contributed by atoms with E-state index in [9.17, 15) is 15.3 Å². The van der Waals surface area contributed by atoms with Gasteiger partial charge in [0.2, 0.25) is 5.75 Å². The van der Waals surface area contributed by atoms with E-state index >= 15 is 0 Å². The first-order valence-corrected chi connectivity index (χ1v) is 4.63. The topological polar surface area (TPSA) is 80.9 Å². The molecule has 2 aromatic carbocycles. The summed E-state index contributed by atoms with van der Waals surface area (Å²) in [5, 5.41) is 37.8. The highest BCUT2D eigenvalue weighted by Gasteiger charge is 2.14. The Morgan fingerprint density at radius 3 is 1.94 bits per heavy atom. The predicted octanol–water partition coefficient (Wildman–Crippen LogP) is 2.18. The average molecular weight is 218 g/mol. The zero-order valence-electron chi connectivity index (χ0n) is 8.25. The van der Waals surface area contributed by atoms with Crippen LogP contribution in [-0.4, -0.2) is 20.4 Å². The third-order valence-electron chi connectivity index (χ3n) is 2.32. The van der Waals surface area contributed by atoms with Crippen LogP contribution in [0.5, 0.6) is 23.0 Å². The third-order valence-corrected chi connectivity index (χ3v) is 2.32. The van der Waals surface area contributed by atoms with Gasteiger partial charge in [-0.3, -0.25) is 0 Å². The first-order chi connectivity index (χ1) is 7.61. The van der Waals surface area contributed by atoms with Crippen molar-refractivity contribution in [2.24, 2.45) is 0 Å². The molecule has 0 amide bonds. The van der Waals surface area contributed by atoms with Gasteiger partial charge >= 0.3 is 0 Å². The van der Waals surface area contributed by atoms with Crippen LogP contribution < -0.4 is 0 Å². The van der Waals surface area contributed by atoms with Gasteiger partial charge < -0.3 is 20.4 Å². The maximum Gasteiger partial charge on any atom is 0.200 e. The minimum Gasteiger partial charge on any atom is -0.507 e. The first kappa shape index (κ1) is 10.2. The van der Waals surface area contributed by atoms with Crippen LogP contribution in [0.4, 0.5) is 0 Å². The Kier molecular flexibility index (Phi) is 2.32. The second kappa shape index (κ2) is 3.66. The molecule has 82 valence electrons. The molecule has 0 aliphatic carbocycles. The van der Waals surface area contributed by atoms with Gasteiger partial charge in [-0.15, -0.1) is 0 Å². The molecule has 0 aromatic heterocycles. The molecular formula is C12H10O4. The highest BCUT2D eigenvalue weighted by Crippen LogP contribution is 2.44. The van der Waals surface area contributed by atoms with Gasteiger partial charge in [0.25, 0.3) is 0 Å². The quantitative estimate of drug-likeness (QED) is 0.553. The Morgan fingerprint density at radius 2 is 1.25 bits per heavy atom. The molecule has 0 aliphatic heterocycles. The lowest BCUT2D eigenvalue weighted by Gasteiger charge is -2.08. The fourth-order valence-corrected chi connectivity index (χ4v) is 1.49. The minimum atomic E-state index is -0.597. The van der Waals surface area contributed by atoms with Crippen LogP contribution in [0.15, 0.2) is 36.4 Å². The fraction of sp³-hybridized carbons (Fsp3) is 0. The molecule has 0 unspecified atom stereocenters. The van der Waals surface area contributed by atoms with E-state index in [-0.39, 0.29) is 11.3 Å². The van der Waals surface area contributed by atoms with Crippen molar-refractivity contribution in [2.75, 3.05) is 0 Å². The van der Waals surface area contributed by atoms with Crippen LogP contribution in [0.2, 0.25) is 0 Å². The fourth-order valence-electron chi connectivity index (χ4n) is 1.49. The van der Waals surface area contributed by atoms with Gasteiger partial charge in [0.1, 0.15) is 5.75 Å². The average Bonchev–Trinajstić information content (AvgIpc) is 2.28. The highest BCUT2D eigenvalue weighted by molar-refractivity contribution is 5.78. The standard InChI is InChI=1S/C12H10O4/c13-9-4-2-1-3-7(9)8-5-6-10(14)12(16)11(8)15/h1-6,13-16H. The number of hydrogen-bond acceptors (Lipinski definition) is 4. The summed E-state index contributed by atoms with van der Waals surface area (Å²) in [6, 6.07) is 9.07. The van der Waals surface area contributed by atoms with Crippen LogP contribution in [-0.2, 0) is 0 Å². The van der Waals surface area contributed by atoms with Gasteiger partial charge in [-0.05, 0) is 18.2 Å². The van der Waals surface area contributed by atoms with E-state index in [0.29, 0.717) is 5.56 Å². The molecule has 2 rings (SSSR count). The Labute approximate surface area is 91.7 Å². The highest BCUT2D eigenvalue weighted by atomic mass is 16.3. The van der Waals surface area contributed by atoms with Crippen molar-refractivity contribution >= 4 is 0 Å². The summed E-state index contributed by atoms with van der Waals surface area (Å²) in [7, 11) is 0. The lowest BCUT2D eigenvalue weighted by molar-refractivity contribution is 0.368. The number of phenolic OH excluding ortho intramolecular Hbond substituents is 4. The zero-order chi connectivity index (χ0) is 11.7. The molecule has 0 atom stereocenters. The van der Waals surface area contributed by atoms with Crippen molar-refractivity contribution in [3.05, 3.63) is 36.4 Å².